The van der Waals surface area contributed by atoms with Crippen LogP contribution in [0, 0.1) is 13.8 Å². The van der Waals surface area contributed by atoms with Crippen molar-refractivity contribution in [2.75, 3.05) is 33.0 Å². The SMILES string of the molecule is Cc1cccc(C(=O)N2CCN(Cc3ccc4c(c3)OCO4)CC2)c1C. The molecular formula is C21H24N2O3. The number of amides is 1. The van der Waals surface area contributed by atoms with Gasteiger partial charge in [-0.05, 0) is 48.7 Å². The Labute approximate surface area is 154 Å². The van der Waals surface area contributed by atoms with E-state index in [0.29, 0.717) is 6.79 Å². The molecule has 2 aromatic carbocycles. The Balaban J connectivity index is 1.37. The van der Waals surface area contributed by atoms with Crippen LogP contribution in [0.2, 0.25) is 0 Å². The minimum Gasteiger partial charge on any atom is -0.454 e. The van der Waals surface area contributed by atoms with Crippen LogP contribution in [0.25, 0.3) is 0 Å². The molecule has 0 radical (unpaired) electrons. The van der Waals surface area contributed by atoms with E-state index in [0.717, 1.165) is 60.9 Å². The molecule has 5 nitrogen and oxygen atoms in total. The molecular weight excluding hydrogens is 328 g/mol. The summed E-state index contributed by atoms with van der Waals surface area (Å²) in [5.74, 6) is 1.79. The predicted octanol–water partition coefficient (Wildman–Crippen LogP) is 2.99. The van der Waals surface area contributed by atoms with E-state index in [2.05, 4.69) is 30.0 Å². The predicted molar refractivity (Wildman–Crippen MR) is 99.7 cm³/mol. The molecule has 2 aliphatic rings. The van der Waals surface area contributed by atoms with Gasteiger partial charge in [0, 0.05) is 38.3 Å². The average molecular weight is 352 g/mol. The van der Waals surface area contributed by atoms with Crippen LogP contribution in [0.1, 0.15) is 27.0 Å². The van der Waals surface area contributed by atoms with E-state index < -0.39 is 0 Å². The van der Waals surface area contributed by atoms with Crippen LogP contribution in [0.3, 0.4) is 0 Å². The summed E-state index contributed by atoms with van der Waals surface area (Å²) in [7, 11) is 0. The molecule has 0 saturated carbocycles. The molecule has 136 valence electrons. The highest BCUT2D eigenvalue weighted by Crippen LogP contribution is 2.32. The lowest BCUT2D eigenvalue weighted by molar-refractivity contribution is 0.0627. The molecule has 26 heavy (non-hydrogen) atoms. The minimum absolute atomic E-state index is 0.147. The fourth-order valence-corrected chi connectivity index (χ4v) is 3.56. The topological polar surface area (TPSA) is 42.0 Å². The number of ether oxygens (including phenoxy) is 2. The third-order valence-electron chi connectivity index (χ3n) is 5.34. The van der Waals surface area contributed by atoms with Crippen molar-refractivity contribution in [3.63, 3.8) is 0 Å². The highest BCUT2D eigenvalue weighted by Gasteiger charge is 2.24. The van der Waals surface area contributed by atoms with Gasteiger partial charge in [-0.25, -0.2) is 0 Å². The summed E-state index contributed by atoms with van der Waals surface area (Å²) in [6.45, 7) is 8.53. The van der Waals surface area contributed by atoms with Gasteiger partial charge in [-0.2, -0.15) is 0 Å². The fraction of sp³-hybridized carbons (Fsp3) is 0.381. The highest BCUT2D eigenvalue weighted by molar-refractivity contribution is 5.96. The number of hydrogen-bond donors (Lipinski definition) is 0. The first-order chi connectivity index (χ1) is 12.6. The maximum atomic E-state index is 12.8. The molecule has 0 unspecified atom stereocenters. The Bertz CT molecular complexity index is 826. The zero-order valence-electron chi connectivity index (χ0n) is 15.3. The van der Waals surface area contributed by atoms with Crippen molar-refractivity contribution in [1.82, 2.24) is 9.80 Å². The summed E-state index contributed by atoms with van der Waals surface area (Å²) in [6.07, 6.45) is 0. The molecule has 1 amide bonds. The number of carbonyl (C=O) groups is 1. The summed E-state index contributed by atoms with van der Waals surface area (Å²) >= 11 is 0. The maximum Gasteiger partial charge on any atom is 0.254 e. The number of fused-ring (bicyclic) bond motifs is 1. The van der Waals surface area contributed by atoms with Crippen molar-refractivity contribution in [2.45, 2.75) is 20.4 Å². The van der Waals surface area contributed by atoms with Gasteiger partial charge in [0.15, 0.2) is 11.5 Å². The molecule has 0 N–H and O–H groups in total. The van der Waals surface area contributed by atoms with Crippen LogP contribution in [-0.2, 0) is 6.54 Å². The first-order valence-electron chi connectivity index (χ1n) is 9.08. The maximum absolute atomic E-state index is 12.8. The summed E-state index contributed by atoms with van der Waals surface area (Å²) < 4.78 is 10.8. The molecule has 4 rings (SSSR count). The Morgan fingerprint density at radius 2 is 1.77 bits per heavy atom. The average Bonchev–Trinajstić information content (AvgIpc) is 3.12. The van der Waals surface area contributed by atoms with Gasteiger partial charge in [-0.3, -0.25) is 9.69 Å². The Morgan fingerprint density at radius 3 is 2.58 bits per heavy atom. The molecule has 0 aliphatic carbocycles. The molecule has 2 heterocycles. The van der Waals surface area contributed by atoms with E-state index in [9.17, 15) is 4.79 Å². The van der Waals surface area contributed by atoms with Gasteiger partial charge in [0.05, 0.1) is 0 Å². The summed E-state index contributed by atoms with van der Waals surface area (Å²) in [5.41, 5.74) is 4.29. The first-order valence-corrected chi connectivity index (χ1v) is 9.08. The van der Waals surface area contributed by atoms with Gasteiger partial charge in [0.1, 0.15) is 0 Å². The standard InChI is InChI=1S/C21H24N2O3/c1-15-4-3-5-18(16(15)2)21(24)23-10-8-22(9-11-23)13-17-6-7-19-20(12-17)26-14-25-19/h3-7,12H,8-11,13-14H2,1-2H3. The lowest BCUT2D eigenvalue weighted by Gasteiger charge is -2.35. The van der Waals surface area contributed by atoms with Crippen molar-refractivity contribution in [3.05, 3.63) is 58.7 Å². The number of benzene rings is 2. The van der Waals surface area contributed by atoms with Gasteiger partial charge in [-0.1, -0.05) is 18.2 Å². The number of carbonyl (C=O) groups excluding carboxylic acids is 1. The molecule has 0 atom stereocenters. The Morgan fingerprint density at radius 1 is 1.00 bits per heavy atom. The number of aryl methyl sites for hydroxylation is 1. The summed E-state index contributed by atoms with van der Waals surface area (Å²) in [6, 6.07) is 12.1. The number of piperazine rings is 1. The van der Waals surface area contributed by atoms with Gasteiger partial charge in [0.25, 0.3) is 5.91 Å². The lowest BCUT2D eigenvalue weighted by atomic mass is 10.0. The molecule has 5 heteroatoms. The molecule has 0 bridgehead atoms. The largest absolute Gasteiger partial charge is 0.454 e. The van der Waals surface area contributed by atoms with E-state index >= 15 is 0 Å². The van der Waals surface area contributed by atoms with Crippen molar-refractivity contribution in [2.24, 2.45) is 0 Å². The lowest BCUT2D eigenvalue weighted by Crippen LogP contribution is -2.48. The van der Waals surface area contributed by atoms with Crippen molar-refractivity contribution in [1.29, 1.82) is 0 Å². The van der Waals surface area contributed by atoms with E-state index in [1.807, 2.05) is 30.0 Å². The van der Waals surface area contributed by atoms with Crippen LogP contribution in [0.4, 0.5) is 0 Å². The Kier molecular flexibility index (Phi) is 4.55. The molecule has 2 aliphatic heterocycles. The van der Waals surface area contributed by atoms with E-state index in [1.54, 1.807) is 0 Å². The summed E-state index contributed by atoms with van der Waals surface area (Å²) in [4.78, 5) is 17.2. The van der Waals surface area contributed by atoms with Gasteiger partial charge in [-0.15, -0.1) is 0 Å². The molecule has 0 spiro atoms. The third kappa shape index (κ3) is 3.27. The zero-order valence-corrected chi connectivity index (χ0v) is 15.3. The molecule has 1 saturated heterocycles. The second-order valence-electron chi connectivity index (χ2n) is 7.00. The van der Waals surface area contributed by atoms with Gasteiger partial charge < -0.3 is 14.4 Å². The fourth-order valence-electron chi connectivity index (χ4n) is 3.56. The van der Waals surface area contributed by atoms with Crippen LogP contribution in [0.15, 0.2) is 36.4 Å². The number of nitrogens with zero attached hydrogens (tertiary/aromatic N) is 2. The van der Waals surface area contributed by atoms with Crippen molar-refractivity contribution >= 4 is 5.91 Å². The number of rotatable bonds is 3. The van der Waals surface area contributed by atoms with Crippen molar-refractivity contribution < 1.29 is 14.3 Å². The molecule has 1 fully saturated rings. The first kappa shape index (κ1) is 16.9. The molecule has 2 aromatic rings. The second-order valence-corrected chi connectivity index (χ2v) is 7.00. The Hall–Kier alpha value is -2.53. The normalized spacial score (nSPS) is 16.8. The second kappa shape index (κ2) is 7.00. The highest BCUT2D eigenvalue weighted by atomic mass is 16.7. The van der Waals surface area contributed by atoms with E-state index in [4.69, 9.17) is 9.47 Å². The van der Waals surface area contributed by atoms with Crippen molar-refractivity contribution in [3.8, 4) is 11.5 Å². The van der Waals surface area contributed by atoms with E-state index in [-0.39, 0.29) is 5.91 Å². The summed E-state index contributed by atoms with van der Waals surface area (Å²) in [5, 5.41) is 0. The van der Waals surface area contributed by atoms with Gasteiger partial charge >= 0.3 is 0 Å². The molecule has 0 aromatic heterocycles. The van der Waals surface area contributed by atoms with E-state index in [1.165, 1.54) is 5.56 Å². The van der Waals surface area contributed by atoms with Crippen LogP contribution >= 0.6 is 0 Å². The van der Waals surface area contributed by atoms with Crippen LogP contribution in [-0.4, -0.2) is 48.7 Å². The van der Waals surface area contributed by atoms with Crippen LogP contribution in [0.5, 0.6) is 11.5 Å². The zero-order chi connectivity index (χ0) is 18.1. The van der Waals surface area contributed by atoms with Crippen LogP contribution < -0.4 is 9.47 Å². The number of hydrogen-bond acceptors (Lipinski definition) is 4. The minimum atomic E-state index is 0.147. The smallest absolute Gasteiger partial charge is 0.254 e. The quantitative estimate of drug-likeness (QED) is 0.852. The van der Waals surface area contributed by atoms with Gasteiger partial charge in [0.2, 0.25) is 6.79 Å². The third-order valence-corrected chi connectivity index (χ3v) is 5.34. The monoisotopic (exact) mass is 352 g/mol.